The zero-order valence-electron chi connectivity index (χ0n) is 15.3. The van der Waals surface area contributed by atoms with Crippen LogP contribution < -0.4 is 4.74 Å². The Kier molecular flexibility index (Phi) is 4.51. The molecule has 0 aliphatic carbocycles. The molecular weight excluding hydrogens is 336 g/mol. The fourth-order valence-corrected chi connectivity index (χ4v) is 3.46. The maximum Gasteiger partial charge on any atom is 0.308 e. The molecule has 134 valence electrons. The number of carbonyl (C=O) groups is 1. The first-order chi connectivity index (χ1) is 13.1. The second kappa shape index (κ2) is 7.12. The van der Waals surface area contributed by atoms with Gasteiger partial charge in [0.2, 0.25) is 0 Å². The molecular formula is C24H20O3. The molecule has 0 aromatic heterocycles. The van der Waals surface area contributed by atoms with Gasteiger partial charge in [-0.3, -0.25) is 4.79 Å². The Bertz CT molecular complexity index is 988. The molecule has 0 N–H and O–H groups in total. The third kappa shape index (κ3) is 3.36. The summed E-state index contributed by atoms with van der Waals surface area (Å²) < 4.78 is 11.7. The number of aryl methyl sites for hydroxylation is 1. The first kappa shape index (κ1) is 17.1. The SMILES string of the molecule is CC(=O)OC(=CC1c2ccccc2Oc2ccccc21)c1ccccc1C. The van der Waals surface area contributed by atoms with E-state index in [1.54, 1.807) is 0 Å². The molecule has 3 heteroatoms. The van der Waals surface area contributed by atoms with Crippen LogP contribution in [0.2, 0.25) is 0 Å². The van der Waals surface area contributed by atoms with E-state index in [-0.39, 0.29) is 11.9 Å². The Morgan fingerprint density at radius 2 is 1.44 bits per heavy atom. The highest BCUT2D eigenvalue weighted by Gasteiger charge is 2.26. The predicted octanol–water partition coefficient (Wildman–Crippen LogP) is 5.84. The molecule has 0 spiro atoms. The van der Waals surface area contributed by atoms with Crippen molar-refractivity contribution in [2.24, 2.45) is 0 Å². The van der Waals surface area contributed by atoms with E-state index in [0.717, 1.165) is 33.8 Å². The van der Waals surface area contributed by atoms with Gasteiger partial charge in [0.05, 0.1) is 0 Å². The van der Waals surface area contributed by atoms with E-state index in [1.165, 1.54) is 6.92 Å². The molecule has 3 aromatic rings. The van der Waals surface area contributed by atoms with Gasteiger partial charge in [-0.25, -0.2) is 0 Å². The molecule has 0 atom stereocenters. The van der Waals surface area contributed by atoms with Crippen molar-refractivity contribution < 1.29 is 14.3 Å². The van der Waals surface area contributed by atoms with Gasteiger partial charge in [0.1, 0.15) is 17.3 Å². The molecule has 0 radical (unpaired) electrons. The van der Waals surface area contributed by atoms with Crippen LogP contribution in [0.1, 0.15) is 35.1 Å². The first-order valence-electron chi connectivity index (χ1n) is 8.95. The lowest BCUT2D eigenvalue weighted by Crippen LogP contribution is -2.10. The molecule has 0 saturated heterocycles. The average Bonchev–Trinajstić information content (AvgIpc) is 2.67. The Hall–Kier alpha value is -3.33. The third-order valence-electron chi connectivity index (χ3n) is 4.71. The molecule has 1 aliphatic heterocycles. The molecule has 0 fully saturated rings. The van der Waals surface area contributed by atoms with Crippen molar-refractivity contribution in [3.8, 4) is 11.5 Å². The van der Waals surface area contributed by atoms with Gasteiger partial charge in [0, 0.05) is 29.5 Å². The molecule has 0 saturated carbocycles. The summed E-state index contributed by atoms with van der Waals surface area (Å²) in [4.78, 5) is 11.8. The van der Waals surface area contributed by atoms with Crippen molar-refractivity contribution in [1.82, 2.24) is 0 Å². The lowest BCUT2D eigenvalue weighted by atomic mass is 9.86. The normalized spacial score (nSPS) is 13.3. The summed E-state index contributed by atoms with van der Waals surface area (Å²) in [5.41, 5.74) is 4.07. The maximum atomic E-state index is 11.8. The van der Waals surface area contributed by atoms with Crippen molar-refractivity contribution in [3.63, 3.8) is 0 Å². The fraction of sp³-hybridized carbons (Fsp3) is 0.125. The van der Waals surface area contributed by atoms with Crippen LogP contribution in [0.3, 0.4) is 0 Å². The maximum absolute atomic E-state index is 11.8. The minimum absolute atomic E-state index is 0.0693. The van der Waals surface area contributed by atoms with Crippen LogP contribution in [-0.4, -0.2) is 5.97 Å². The van der Waals surface area contributed by atoms with Crippen molar-refractivity contribution in [2.75, 3.05) is 0 Å². The quantitative estimate of drug-likeness (QED) is 0.437. The molecule has 1 aliphatic rings. The molecule has 4 rings (SSSR count). The topological polar surface area (TPSA) is 35.5 Å². The zero-order valence-corrected chi connectivity index (χ0v) is 15.3. The summed E-state index contributed by atoms with van der Waals surface area (Å²) >= 11 is 0. The van der Waals surface area contributed by atoms with Crippen molar-refractivity contribution in [3.05, 3.63) is 101 Å². The minimum Gasteiger partial charge on any atom is -0.457 e. The highest BCUT2D eigenvalue weighted by molar-refractivity contribution is 5.78. The smallest absolute Gasteiger partial charge is 0.308 e. The molecule has 1 heterocycles. The largest absolute Gasteiger partial charge is 0.457 e. The van der Waals surface area contributed by atoms with Crippen molar-refractivity contribution >= 4 is 11.7 Å². The van der Waals surface area contributed by atoms with Crippen LogP contribution in [0.5, 0.6) is 11.5 Å². The zero-order chi connectivity index (χ0) is 18.8. The van der Waals surface area contributed by atoms with E-state index < -0.39 is 0 Å². The number of rotatable bonds is 3. The molecule has 3 nitrogen and oxygen atoms in total. The standard InChI is InChI=1S/C24H20O3/c1-16-9-3-4-10-18(16)24(26-17(2)25)15-21-19-11-5-7-13-22(19)27-23-14-8-6-12-20(21)23/h3-15,21H,1-2H3. The van der Waals surface area contributed by atoms with Crippen molar-refractivity contribution in [2.45, 2.75) is 19.8 Å². The second-order valence-corrected chi connectivity index (χ2v) is 6.59. The van der Waals surface area contributed by atoms with E-state index in [9.17, 15) is 4.79 Å². The van der Waals surface area contributed by atoms with E-state index in [1.807, 2.05) is 73.7 Å². The van der Waals surface area contributed by atoms with Crippen LogP contribution in [0.25, 0.3) is 5.76 Å². The fourth-order valence-electron chi connectivity index (χ4n) is 3.46. The number of para-hydroxylation sites is 2. The van der Waals surface area contributed by atoms with Gasteiger partial charge in [-0.2, -0.15) is 0 Å². The second-order valence-electron chi connectivity index (χ2n) is 6.59. The van der Waals surface area contributed by atoms with Gasteiger partial charge < -0.3 is 9.47 Å². The molecule has 0 amide bonds. The van der Waals surface area contributed by atoms with Gasteiger partial charge >= 0.3 is 5.97 Å². The third-order valence-corrected chi connectivity index (χ3v) is 4.71. The molecule has 0 unspecified atom stereocenters. The number of carbonyl (C=O) groups excluding carboxylic acids is 1. The molecule has 27 heavy (non-hydrogen) atoms. The number of benzene rings is 3. The van der Waals surface area contributed by atoms with Crippen LogP contribution in [-0.2, 0) is 9.53 Å². The predicted molar refractivity (Wildman–Crippen MR) is 106 cm³/mol. The number of fused-ring (bicyclic) bond motifs is 2. The Labute approximate surface area is 158 Å². The highest BCUT2D eigenvalue weighted by atomic mass is 16.5. The van der Waals surface area contributed by atoms with E-state index in [4.69, 9.17) is 9.47 Å². The Balaban J connectivity index is 1.90. The first-order valence-corrected chi connectivity index (χ1v) is 8.95. The average molecular weight is 356 g/mol. The Morgan fingerprint density at radius 3 is 2.04 bits per heavy atom. The van der Waals surface area contributed by atoms with Gasteiger partial charge in [-0.05, 0) is 30.7 Å². The van der Waals surface area contributed by atoms with E-state index in [0.29, 0.717) is 5.76 Å². The number of hydrogen-bond donors (Lipinski definition) is 0. The van der Waals surface area contributed by atoms with Crippen LogP contribution in [0, 0.1) is 6.92 Å². The van der Waals surface area contributed by atoms with Gasteiger partial charge in [-0.15, -0.1) is 0 Å². The van der Waals surface area contributed by atoms with E-state index in [2.05, 4.69) is 12.1 Å². The summed E-state index contributed by atoms with van der Waals surface area (Å²) in [7, 11) is 0. The number of esters is 1. The Morgan fingerprint density at radius 1 is 0.889 bits per heavy atom. The van der Waals surface area contributed by atoms with Gasteiger partial charge in [0.15, 0.2) is 0 Å². The summed E-state index contributed by atoms with van der Waals surface area (Å²) in [6.45, 7) is 3.44. The lowest BCUT2D eigenvalue weighted by Gasteiger charge is -2.27. The van der Waals surface area contributed by atoms with Crippen LogP contribution >= 0.6 is 0 Å². The van der Waals surface area contributed by atoms with Crippen LogP contribution in [0.15, 0.2) is 78.9 Å². The summed E-state index contributed by atoms with van der Waals surface area (Å²) in [6.07, 6.45) is 2.02. The molecule has 3 aromatic carbocycles. The highest BCUT2D eigenvalue weighted by Crippen LogP contribution is 2.45. The van der Waals surface area contributed by atoms with Gasteiger partial charge in [0.25, 0.3) is 0 Å². The summed E-state index contributed by atoms with van der Waals surface area (Å²) in [5, 5.41) is 0. The summed E-state index contributed by atoms with van der Waals surface area (Å²) in [5.74, 6) is 1.81. The number of allylic oxidation sites excluding steroid dienone is 1. The number of hydrogen-bond acceptors (Lipinski definition) is 3. The van der Waals surface area contributed by atoms with Gasteiger partial charge in [-0.1, -0.05) is 60.7 Å². The van der Waals surface area contributed by atoms with Crippen molar-refractivity contribution in [1.29, 1.82) is 0 Å². The number of ether oxygens (including phenoxy) is 2. The van der Waals surface area contributed by atoms with E-state index >= 15 is 0 Å². The summed E-state index contributed by atoms with van der Waals surface area (Å²) in [6, 6.07) is 23.9. The monoisotopic (exact) mass is 356 g/mol. The lowest BCUT2D eigenvalue weighted by molar-refractivity contribution is -0.134. The minimum atomic E-state index is -0.335. The molecule has 0 bridgehead atoms. The van der Waals surface area contributed by atoms with Crippen LogP contribution in [0.4, 0.5) is 0 Å².